The van der Waals surface area contributed by atoms with E-state index in [2.05, 4.69) is 4.98 Å². The van der Waals surface area contributed by atoms with Crippen LogP contribution in [0.25, 0.3) is 0 Å². The smallest absolute Gasteiger partial charge is 0.287 e. The molecule has 3 atom stereocenters. The van der Waals surface area contributed by atoms with Crippen LogP contribution in [0.15, 0.2) is 42.6 Å². The van der Waals surface area contributed by atoms with Crippen molar-refractivity contribution in [3.63, 3.8) is 0 Å². The van der Waals surface area contributed by atoms with Crippen molar-refractivity contribution in [1.82, 2.24) is 9.88 Å². The lowest BCUT2D eigenvalue weighted by Gasteiger charge is -2.23. The average molecular weight is 399 g/mol. The van der Waals surface area contributed by atoms with Crippen LogP contribution in [-0.4, -0.2) is 45.5 Å². The molecule has 1 aromatic heterocycles. The molecule has 0 saturated carbocycles. The molecule has 2 N–H and O–H groups in total. The molecule has 0 aliphatic carbocycles. The molecular formula is C19H18FN5O4. The number of aromatic nitrogens is 1. The second kappa shape index (κ2) is 8.62. The number of benzene rings is 1. The van der Waals surface area contributed by atoms with E-state index in [1.54, 1.807) is 24.3 Å². The Bertz CT molecular complexity index is 929. The molecular weight excluding hydrogens is 381 g/mol. The van der Waals surface area contributed by atoms with Crippen LogP contribution in [0, 0.1) is 21.4 Å². The number of nitriles is 1. The molecule has 1 aromatic carbocycles. The number of rotatable bonds is 6. The number of alkyl halides is 1. The van der Waals surface area contributed by atoms with Crippen molar-refractivity contribution in [2.75, 3.05) is 6.54 Å². The van der Waals surface area contributed by atoms with Gasteiger partial charge in [0, 0.05) is 18.6 Å². The van der Waals surface area contributed by atoms with Gasteiger partial charge < -0.3 is 15.4 Å². The van der Waals surface area contributed by atoms with E-state index >= 15 is 0 Å². The van der Waals surface area contributed by atoms with Crippen molar-refractivity contribution in [2.45, 2.75) is 31.1 Å². The minimum absolute atomic E-state index is 0.0116. The molecule has 2 heterocycles. The van der Waals surface area contributed by atoms with Crippen LogP contribution >= 0.6 is 0 Å². The quantitative estimate of drug-likeness (QED) is 0.580. The summed E-state index contributed by atoms with van der Waals surface area (Å²) in [7, 11) is 0. The monoisotopic (exact) mass is 399 g/mol. The minimum Gasteiger partial charge on any atom is -0.439 e. The van der Waals surface area contributed by atoms with E-state index in [1.807, 2.05) is 6.07 Å². The number of pyridine rings is 1. The third kappa shape index (κ3) is 4.83. The van der Waals surface area contributed by atoms with Crippen LogP contribution in [0.2, 0.25) is 0 Å². The van der Waals surface area contributed by atoms with Gasteiger partial charge in [0.15, 0.2) is 0 Å². The number of nitro groups is 1. The van der Waals surface area contributed by atoms with E-state index in [-0.39, 0.29) is 31.0 Å². The van der Waals surface area contributed by atoms with E-state index in [1.165, 1.54) is 17.0 Å². The summed E-state index contributed by atoms with van der Waals surface area (Å²) in [6.07, 6.45) is 0.127. The molecule has 0 bridgehead atoms. The Morgan fingerprint density at radius 3 is 2.72 bits per heavy atom. The van der Waals surface area contributed by atoms with Crippen molar-refractivity contribution in [3.05, 3.63) is 58.3 Å². The molecule has 1 aliphatic heterocycles. The van der Waals surface area contributed by atoms with E-state index < -0.39 is 29.1 Å². The maximum Gasteiger partial charge on any atom is 0.287 e. The molecule has 29 heavy (non-hydrogen) atoms. The highest BCUT2D eigenvalue weighted by Crippen LogP contribution is 2.23. The Kier molecular flexibility index (Phi) is 5.99. The van der Waals surface area contributed by atoms with Gasteiger partial charge in [-0.3, -0.25) is 14.9 Å². The molecule has 9 nitrogen and oxygen atoms in total. The summed E-state index contributed by atoms with van der Waals surface area (Å²) in [5.74, 6) is 0.207. The Morgan fingerprint density at radius 1 is 1.41 bits per heavy atom. The van der Waals surface area contributed by atoms with Crippen molar-refractivity contribution in [3.8, 4) is 17.7 Å². The summed E-state index contributed by atoms with van der Waals surface area (Å²) in [5.41, 5.74) is 6.60. The van der Waals surface area contributed by atoms with Gasteiger partial charge >= 0.3 is 0 Å². The molecule has 0 spiro atoms. The number of nitrogens with two attached hydrogens (primary N) is 1. The van der Waals surface area contributed by atoms with Crippen molar-refractivity contribution < 1.29 is 18.8 Å². The summed E-state index contributed by atoms with van der Waals surface area (Å²) in [6, 6.07) is 9.69. The SMILES string of the molecule is N#CC1CC(F)CN1C(=O)[C@@H](N)Cc1ccc(Oc2ccc([N+](=O)[O-])cn2)cc1. The largest absolute Gasteiger partial charge is 0.439 e. The number of ether oxygens (including phenoxy) is 1. The third-order valence-corrected chi connectivity index (χ3v) is 4.53. The van der Waals surface area contributed by atoms with Crippen molar-refractivity contribution in [1.29, 1.82) is 5.26 Å². The van der Waals surface area contributed by atoms with E-state index in [0.717, 1.165) is 11.8 Å². The summed E-state index contributed by atoms with van der Waals surface area (Å²) in [5, 5.41) is 19.7. The van der Waals surface area contributed by atoms with Gasteiger partial charge in [0.1, 0.15) is 24.2 Å². The molecule has 3 rings (SSSR count). The predicted octanol–water partition coefficient (Wildman–Crippen LogP) is 2.11. The Hall–Kier alpha value is -3.58. The number of carbonyl (C=O) groups excluding carboxylic acids is 1. The van der Waals surface area contributed by atoms with E-state index in [9.17, 15) is 19.3 Å². The maximum atomic E-state index is 13.5. The summed E-state index contributed by atoms with van der Waals surface area (Å²) >= 11 is 0. The van der Waals surface area contributed by atoms with Gasteiger partial charge in [-0.2, -0.15) is 5.26 Å². The average Bonchev–Trinajstić information content (AvgIpc) is 3.10. The van der Waals surface area contributed by atoms with E-state index in [4.69, 9.17) is 15.7 Å². The fourth-order valence-corrected chi connectivity index (χ4v) is 3.06. The van der Waals surface area contributed by atoms with Crippen LogP contribution in [0.4, 0.5) is 10.1 Å². The highest BCUT2D eigenvalue weighted by atomic mass is 19.1. The number of hydrogen-bond donors (Lipinski definition) is 1. The number of amides is 1. The Labute approximate surface area is 165 Å². The zero-order chi connectivity index (χ0) is 21.0. The molecule has 1 fully saturated rings. The maximum absolute atomic E-state index is 13.5. The van der Waals surface area contributed by atoms with Gasteiger partial charge in [0.2, 0.25) is 11.8 Å². The highest BCUT2D eigenvalue weighted by Gasteiger charge is 2.37. The summed E-state index contributed by atoms with van der Waals surface area (Å²) in [6.45, 7) is -0.111. The topological polar surface area (TPSA) is 135 Å². The van der Waals surface area contributed by atoms with Gasteiger partial charge in [-0.05, 0) is 24.1 Å². The first kappa shape index (κ1) is 20.2. The number of hydrogen-bond acceptors (Lipinski definition) is 7. The Morgan fingerprint density at radius 2 is 2.14 bits per heavy atom. The summed E-state index contributed by atoms with van der Waals surface area (Å²) < 4.78 is 19.0. The van der Waals surface area contributed by atoms with Crippen molar-refractivity contribution in [2.24, 2.45) is 5.73 Å². The first-order chi connectivity index (χ1) is 13.9. The summed E-state index contributed by atoms with van der Waals surface area (Å²) in [4.78, 5) is 27.6. The molecule has 0 radical (unpaired) electrons. The second-order valence-electron chi connectivity index (χ2n) is 6.64. The van der Waals surface area contributed by atoms with Crippen LogP contribution in [0.5, 0.6) is 11.6 Å². The highest BCUT2D eigenvalue weighted by molar-refractivity contribution is 5.83. The molecule has 1 saturated heterocycles. The molecule has 2 unspecified atom stereocenters. The van der Waals surface area contributed by atoms with Gasteiger partial charge in [-0.1, -0.05) is 12.1 Å². The van der Waals surface area contributed by atoms with Crippen molar-refractivity contribution >= 4 is 11.6 Å². The minimum atomic E-state index is -1.21. The number of carbonyl (C=O) groups is 1. The standard InChI is InChI=1S/C19H18FN5O4/c20-13-8-15(9-21)24(11-13)19(26)17(22)7-12-1-4-16(5-2-12)29-18-6-3-14(10-23-18)25(27)28/h1-6,10,13,15,17H,7-8,11,22H2/t13?,15?,17-/m0/s1. The Balaban J connectivity index is 1.59. The van der Waals surface area contributed by atoms with Crippen LogP contribution in [0.1, 0.15) is 12.0 Å². The fraction of sp³-hybridized carbons (Fsp3) is 0.316. The molecule has 150 valence electrons. The van der Waals surface area contributed by atoms with E-state index in [0.29, 0.717) is 5.75 Å². The van der Waals surface area contributed by atoms with Gasteiger partial charge in [-0.25, -0.2) is 9.37 Å². The number of likely N-dealkylation sites (tertiary alicyclic amines) is 1. The first-order valence-electron chi connectivity index (χ1n) is 8.84. The van der Waals surface area contributed by atoms with Gasteiger partial charge in [0.25, 0.3) is 5.69 Å². The number of nitrogens with zero attached hydrogens (tertiary/aromatic N) is 4. The normalized spacial score (nSPS) is 19.4. The lowest BCUT2D eigenvalue weighted by atomic mass is 10.1. The molecule has 10 heteroatoms. The third-order valence-electron chi connectivity index (χ3n) is 4.53. The fourth-order valence-electron chi connectivity index (χ4n) is 3.06. The van der Waals surface area contributed by atoms with Gasteiger partial charge in [-0.15, -0.1) is 0 Å². The van der Waals surface area contributed by atoms with Crippen LogP contribution in [0.3, 0.4) is 0 Å². The van der Waals surface area contributed by atoms with Crippen LogP contribution < -0.4 is 10.5 Å². The lowest BCUT2D eigenvalue weighted by Crippen LogP contribution is -2.46. The molecule has 2 aromatic rings. The number of halogens is 1. The predicted molar refractivity (Wildman–Crippen MR) is 99.7 cm³/mol. The lowest BCUT2D eigenvalue weighted by molar-refractivity contribution is -0.385. The van der Waals surface area contributed by atoms with Crippen LogP contribution in [-0.2, 0) is 11.2 Å². The zero-order valence-corrected chi connectivity index (χ0v) is 15.3. The zero-order valence-electron chi connectivity index (χ0n) is 15.3. The second-order valence-corrected chi connectivity index (χ2v) is 6.64. The molecule has 1 amide bonds. The first-order valence-corrected chi connectivity index (χ1v) is 8.84. The van der Waals surface area contributed by atoms with Gasteiger partial charge in [0.05, 0.1) is 23.6 Å². The molecule has 1 aliphatic rings.